The maximum Gasteiger partial charge on any atom is 0.217 e. The molecule has 2 aromatic rings. The molecule has 114 valence electrons. The van der Waals surface area contributed by atoms with Crippen molar-refractivity contribution < 1.29 is 9.53 Å². The van der Waals surface area contributed by atoms with Crippen LogP contribution in [0.3, 0.4) is 0 Å². The van der Waals surface area contributed by atoms with Crippen LogP contribution in [0.25, 0.3) is 0 Å². The van der Waals surface area contributed by atoms with Gasteiger partial charge in [0.15, 0.2) is 0 Å². The molecule has 0 aromatic heterocycles. The molecule has 0 bridgehead atoms. The Bertz CT molecular complexity index is 564. The average Bonchev–Trinajstić information content (AvgIpc) is 2.55. The Hall–Kier alpha value is -2.13. The summed E-state index contributed by atoms with van der Waals surface area (Å²) < 4.78 is 6.32. The number of rotatable bonds is 3. The van der Waals surface area contributed by atoms with Crippen molar-refractivity contribution in [2.45, 2.75) is 38.0 Å². The maximum absolute atomic E-state index is 11.4. The molecule has 0 saturated carbocycles. The van der Waals surface area contributed by atoms with Gasteiger partial charge in [0.25, 0.3) is 0 Å². The summed E-state index contributed by atoms with van der Waals surface area (Å²) in [4.78, 5) is 11.4. The average molecular weight is 295 g/mol. The standard InChI is InChI=1S/C19H21NO2/c1-14(21)20-17-12-18(15-8-4-2-5-9-15)22-19(13-17)16-10-6-3-7-11-16/h2-11,17-19H,12-13H2,1H3,(H,20,21). The van der Waals surface area contributed by atoms with Gasteiger partial charge in [0, 0.05) is 13.0 Å². The third kappa shape index (κ3) is 3.55. The van der Waals surface area contributed by atoms with Crippen LogP contribution in [0.1, 0.15) is 43.1 Å². The van der Waals surface area contributed by atoms with E-state index in [-0.39, 0.29) is 24.2 Å². The molecular weight excluding hydrogens is 274 g/mol. The van der Waals surface area contributed by atoms with E-state index in [1.807, 2.05) is 36.4 Å². The van der Waals surface area contributed by atoms with E-state index in [2.05, 4.69) is 29.6 Å². The van der Waals surface area contributed by atoms with E-state index in [0.29, 0.717) is 0 Å². The third-order valence-electron chi connectivity index (χ3n) is 4.08. The first kappa shape index (κ1) is 14.8. The van der Waals surface area contributed by atoms with Gasteiger partial charge in [0.2, 0.25) is 5.91 Å². The molecule has 1 aliphatic heterocycles. The zero-order valence-electron chi connectivity index (χ0n) is 12.7. The summed E-state index contributed by atoms with van der Waals surface area (Å²) in [5, 5.41) is 3.06. The van der Waals surface area contributed by atoms with Crippen molar-refractivity contribution in [3.8, 4) is 0 Å². The summed E-state index contributed by atoms with van der Waals surface area (Å²) in [6, 6.07) is 20.6. The second-order valence-corrected chi connectivity index (χ2v) is 5.80. The molecule has 2 aromatic carbocycles. The monoisotopic (exact) mass is 295 g/mol. The van der Waals surface area contributed by atoms with Crippen molar-refractivity contribution in [3.05, 3.63) is 71.8 Å². The summed E-state index contributed by atoms with van der Waals surface area (Å²) in [5.41, 5.74) is 2.33. The van der Waals surface area contributed by atoms with E-state index in [0.717, 1.165) is 12.8 Å². The molecule has 2 atom stereocenters. The summed E-state index contributed by atoms with van der Waals surface area (Å²) >= 11 is 0. The first-order chi connectivity index (χ1) is 10.7. The molecule has 1 saturated heterocycles. The Kier molecular flexibility index (Phi) is 4.54. The fraction of sp³-hybridized carbons (Fsp3) is 0.316. The van der Waals surface area contributed by atoms with Crippen molar-refractivity contribution in [2.75, 3.05) is 0 Å². The Morgan fingerprint density at radius 3 is 1.77 bits per heavy atom. The fourth-order valence-corrected chi connectivity index (χ4v) is 3.09. The highest BCUT2D eigenvalue weighted by Gasteiger charge is 2.31. The highest BCUT2D eigenvalue weighted by molar-refractivity contribution is 5.73. The Morgan fingerprint density at radius 2 is 1.36 bits per heavy atom. The van der Waals surface area contributed by atoms with E-state index in [9.17, 15) is 4.79 Å². The van der Waals surface area contributed by atoms with Gasteiger partial charge in [-0.3, -0.25) is 4.79 Å². The number of amides is 1. The number of ether oxygens (including phenoxy) is 1. The Balaban J connectivity index is 1.83. The summed E-state index contributed by atoms with van der Waals surface area (Å²) in [7, 11) is 0. The minimum absolute atomic E-state index is 0.0111. The van der Waals surface area contributed by atoms with Crippen molar-refractivity contribution in [1.29, 1.82) is 0 Å². The van der Waals surface area contributed by atoms with Gasteiger partial charge in [-0.25, -0.2) is 0 Å². The number of carbonyl (C=O) groups excluding carboxylic acids is 1. The molecule has 1 heterocycles. The van der Waals surface area contributed by atoms with Crippen LogP contribution in [0.15, 0.2) is 60.7 Å². The number of carbonyl (C=O) groups is 1. The number of benzene rings is 2. The lowest BCUT2D eigenvalue weighted by molar-refractivity contribution is -0.122. The lowest BCUT2D eigenvalue weighted by atomic mass is 9.91. The van der Waals surface area contributed by atoms with Crippen LogP contribution in [-0.4, -0.2) is 11.9 Å². The topological polar surface area (TPSA) is 38.3 Å². The summed E-state index contributed by atoms with van der Waals surface area (Å²) in [6.45, 7) is 1.57. The van der Waals surface area contributed by atoms with Crippen LogP contribution in [0.5, 0.6) is 0 Å². The molecule has 2 unspecified atom stereocenters. The molecule has 1 fully saturated rings. The smallest absolute Gasteiger partial charge is 0.217 e. The molecule has 3 rings (SSSR count). The Morgan fingerprint density at radius 1 is 0.909 bits per heavy atom. The lowest BCUT2D eigenvalue weighted by Gasteiger charge is -2.36. The molecule has 22 heavy (non-hydrogen) atoms. The van der Waals surface area contributed by atoms with E-state index < -0.39 is 0 Å². The minimum Gasteiger partial charge on any atom is -0.365 e. The highest BCUT2D eigenvalue weighted by atomic mass is 16.5. The molecule has 3 heteroatoms. The zero-order valence-corrected chi connectivity index (χ0v) is 12.7. The van der Waals surface area contributed by atoms with E-state index in [4.69, 9.17) is 4.74 Å². The van der Waals surface area contributed by atoms with Gasteiger partial charge in [-0.15, -0.1) is 0 Å². The molecule has 1 N–H and O–H groups in total. The molecule has 0 aliphatic carbocycles. The quantitative estimate of drug-likeness (QED) is 0.935. The van der Waals surface area contributed by atoms with E-state index in [1.54, 1.807) is 6.92 Å². The molecule has 0 spiro atoms. The van der Waals surface area contributed by atoms with Crippen LogP contribution >= 0.6 is 0 Å². The largest absolute Gasteiger partial charge is 0.365 e. The van der Waals surface area contributed by atoms with Gasteiger partial charge < -0.3 is 10.1 Å². The van der Waals surface area contributed by atoms with Crippen LogP contribution in [0, 0.1) is 0 Å². The minimum atomic E-state index is 0.0111. The SMILES string of the molecule is CC(=O)NC1CC(c2ccccc2)OC(c2ccccc2)C1. The summed E-state index contributed by atoms with van der Waals surface area (Å²) in [5.74, 6) is 0.0190. The van der Waals surface area contributed by atoms with Gasteiger partial charge in [-0.2, -0.15) is 0 Å². The first-order valence-electron chi connectivity index (χ1n) is 7.75. The number of hydrogen-bond acceptors (Lipinski definition) is 2. The molecular formula is C19H21NO2. The normalized spacial score (nSPS) is 24.7. The van der Waals surface area contributed by atoms with Crippen molar-refractivity contribution in [3.63, 3.8) is 0 Å². The fourth-order valence-electron chi connectivity index (χ4n) is 3.09. The number of nitrogens with one attached hydrogen (secondary N) is 1. The molecule has 3 nitrogen and oxygen atoms in total. The van der Waals surface area contributed by atoms with Crippen molar-refractivity contribution in [2.24, 2.45) is 0 Å². The van der Waals surface area contributed by atoms with Gasteiger partial charge in [0.1, 0.15) is 0 Å². The van der Waals surface area contributed by atoms with Crippen molar-refractivity contribution in [1.82, 2.24) is 5.32 Å². The summed E-state index contributed by atoms with van der Waals surface area (Å²) in [6.07, 6.45) is 1.65. The van der Waals surface area contributed by atoms with Crippen LogP contribution < -0.4 is 5.32 Å². The molecule has 1 aliphatic rings. The van der Waals surface area contributed by atoms with Crippen LogP contribution in [0.4, 0.5) is 0 Å². The van der Waals surface area contributed by atoms with Gasteiger partial charge in [-0.1, -0.05) is 60.7 Å². The highest BCUT2D eigenvalue weighted by Crippen LogP contribution is 2.38. The third-order valence-corrected chi connectivity index (χ3v) is 4.08. The van der Waals surface area contributed by atoms with Crippen molar-refractivity contribution >= 4 is 5.91 Å². The molecule has 1 amide bonds. The number of hydrogen-bond donors (Lipinski definition) is 1. The van der Waals surface area contributed by atoms with Gasteiger partial charge in [0.05, 0.1) is 12.2 Å². The second-order valence-electron chi connectivity index (χ2n) is 5.80. The van der Waals surface area contributed by atoms with Crippen LogP contribution in [0.2, 0.25) is 0 Å². The zero-order chi connectivity index (χ0) is 15.4. The second kappa shape index (κ2) is 6.75. The van der Waals surface area contributed by atoms with E-state index in [1.165, 1.54) is 11.1 Å². The Labute approximate surface area is 131 Å². The van der Waals surface area contributed by atoms with Gasteiger partial charge >= 0.3 is 0 Å². The lowest BCUT2D eigenvalue weighted by Crippen LogP contribution is -2.39. The van der Waals surface area contributed by atoms with E-state index >= 15 is 0 Å². The predicted molar refractivity (Wildman–Crippen MR) is 86.3 cm³/mol. The van der Waals surface area contributed by atoms with Gasteiger partial charge in [-0.05, 0) is 24.0 Å². The first-order valence-corrected chi connectivity index (χ1v) is 7.75. The van der Waals surface area contributed by atoms with Crippen LogP contribution in [-0.2, 0) is 9.53 Å². The maximum atomic E-state index is 11.4. The molecule has 0 radical (unpaired) electrons. The predicted octanol–water partition coefficient (Wildman–Crippen LogP) is 3.78.